The Morgan fingerprint density at radius 2 is 1.85 bits per heavy atom. The van der Waals surface area contributed by atoms with Crippen LogP contribution in [0.25, 0.3) is 0 Å². The Hall–Kier alpha value is -2.57. The average molecular weight is 407 g/mol. The van der Waals surface area contributed by atoms with Gasteiger partial charge < -0.3 is 15.0 Å². The van der Waals surface area contributed by atoms with Crippen LogP contribution in [-0.4, -0.2) is 30.9 Å². The van der Waals surface area contributed by atoms with Crippen LogP contribution >= 0.6 is 23.2 Å². The summed E-state index contributed by atoms with van der Waals surface area (Å²) in [5.74, 6) is -1.13. The SMILES string of the molecule is O=C(COC(=O)c1cc(Cl)ccc1Cl)Nc1ccc(N2CCCC2=O)cc1. The van der Waals surface area contributed by atoms with Gasteiger partial charge in [-0.1, -0.05) is 23.2 Å². The number of carbonyl (C=O) groups is 3. The molecule has 0 bridgehead atoms. The number of benzene rings is 2. The maximum atomic E-state index is 12.0. The molecule has 0 unspecified atom stereocenters. The third-order valence-corrected chi connectivity index (χ3v) is 4.58. The zero-order valence-corrected chi connectivity index (χ0v) is 15.7. The number of nitrogens with one attached hydrogen (secondary N) is 1. The van der Waals surface area contributed by atoms with Crippen LogP contribution < -0.4 is 10.2 Å². The number of halogens is 2. The highest BCUT2D eigenvalue weighted by Crippen LogP contribution is 2.23. The number of nitrogens with zero attached hydrogens (tertiary/aromatic N) is 1. The number of esters is 1. The molecule has 2 amide bonds. The predicted molar refractivity (Wildman–Crippen MR) is 103 cm³/mol. The quantitative estimate of drug-likeness (QED) is 0.763. The number of rotatable bonds is 5. The highest BCUT2D eigenvalue weighted by molar-refractivity contribution is 6.35. The van der Waals surface area contributed by atoms with E-state index in [-0.39, 0.29) is 16.5 Å². The first kappa shape index (κ1) is 19.2. The van der Waals surface area contributed by atoms with E-state index in [0.29, 0.717) is 23.7 Å². The lowest BCUT2D eigenvalue weighted by Gasteiger charge is -2.16. The Bertz CT molecular complexity index is 884. The molecule has 0 aliphatic carbocycles. The van der Waals surface area contributed by atoms with Gasteiger partial charge in [-0.15, -0.1) is 0 Å². The minimum Gasteiger partial charge on any atom is -0.452 e. The molecular formula is C19H16Cl2N2O4. The van der Waals surface area contributed by atoms with Crippen molar-refractivity contribution in [3.8, 4) is 0 Å². The van der Waals surface area contributed by atoms with Crippen LogP contribution in [0, 0.1) is 0 Å². The highest BCUT2D eigenvalue weighted by Gasteiger charge is 2.21. The van der Waals surface area contributed by atoms with E-state index in [1.807, 2.05) is 0 Å². The molecule has 0 aromatic heterocycles. The van der Waals surface area contributed by atoms with Crippen LogP contribution in [-0.2, 0) is 14.3 Å². The van der Waals surface area contributed by atoms with E-state index in [4.69, 9.17) is 27.9 Å². The number of ether oxygens (including phenoxy) is 1. The average Bonchev–Trinajstić information content (AvgIpc) is 3.08. The predicted octanol–water partition coefficient (Wildman–Crippen LogP) is 3.92. The van der Waals surface area contributed by atoms with Gasteiger partial charge in [-0.05, 0) is 48.9 Å². The summed E-state index contributed by atoms with van der Waals surface area (Å²) in [5, 5.41) is 3.16. The largest absolute Gasteiger partial charge is 0.452 e. The molecule has 0 saturated carbocycles. The topological polar surface area (TPSA) is 75.7 Å². The summed E-state index contributed by atoms with van der Waals surface area (Å²) in [4.78, 5) is 37.4. The van der Waals surface area contributed by atoms with Gasteiger partial charge in [-0.25, -0.2) is 4.79 Å². The molecule has 1 N–H and O–H groups in total. The van der Waals surface area contributed by atoms with E-state index in [1.165, 1.54) is 12.1 Å². The standard InChI is InChI=1S/C19H16Cl2N2O4/c20-12-3-8-16(21)15(10-12)19(26)27-11-17(24)22-13-4-6-14(7-5-13)23-9-1-2-18(23)25/h3-8,10H,1-2,9,11H2,(H,22,24). The smallest absolute Gasteiger partial charge is 0.340 e. The van der Waals surface area contributed by atoms with Crippen LogP contribution in [0.5, 0.6) is 0 Å². The maximum Gasteiger partial charge on any atom is 0.340 e. The molecule has 1 heterocycles. The lowest BCUT2D eigenvalue weighted by Crippen LogP contribution is -2.24. The summed E-state index contributed by atoms with van der Waals surface area (Å²) < 4.78 is 4.97. The Morgan fingerprint density at radius 1 is 1.11 bits per heavy atom. The van der Waals surface area contributed by atoms with Gasteiger partial charge in [0, 0.05) is 29.4 Å². The number of carbonyl (C=O) groups excluding carboxylic acids is 3. The molecule has 6 nitrogen and oxygen atoms in total. The molecule has 2 aromatic carbocycles. The van der Waals surface area contributed by atoms with E-state index < -0.39 is 18.5 Å². The fourth-order valence-corrected chi connectivity index (χ4v) is 3.07. The van der Waals surface area contributed by atoms with Gasteiger partial charge in [-0.2, -0.15) is 0 Å². The van der Waals surface area contributed by atoms with Gasteiger partial charge >= 0.3 is 5.97 Å². The van der Waals surface area contributed by atoms with Crippen LogP contribution in [0.2, 0.25) is 10.0 Å². The van der Waals surface area contributed by atoms with Gasteiger partial charge in [0.2, 0.25) is 5.91 Å². The van der Waals surface area contributed by atoms with Crippen molar-refractivity contribution in [3.05, 3.63) is 58.1 Å². The minimum absolute atomic E-state index is 0.0941. The first-order valence-corrected chi connectivity index (χ1v) is 9.02. The van der Waals surface area contributed by atoms with Gasteiger partial charge in [0.05, 0.1) is 10.6 Å². The molecule has 0 spiro atoms. The fourth-order valence-electron chi connectivity index (χ4n) is 2.71. The number of hydrogen-bond donors (Lipinski definition) is 1. The van der Waals surface area contributed by atoms with Crippen molar-refractivity contribution in [2.24, 2.45) is 0 Å². The van der Waals surface area contributed by atoms with E-state index in [1.54, 1.807) is 35.2 Å². The van der Waals surface area contributed by atoms with Gasteiger partial charge in [0.1, 0.15) is 0 Å². The van der Waals surface area contributed by atoms with E-state index >= 15 is 0 Å². The zero-order chi connectivity index (χ0) is 19.4. The lowest BCUT2D eigenvalue weighted by molar-refractivity contribution is -0.119. The van der Waals surface area contributed by atoms with Crippen molar-refractivity contribution in [1.82, 2.24) is 0 Å². The minimum atomic E-state index is -0.736. The summed E-state index contributed by atoms with van der Waals surface area (Å²) in [6.45, 7) is 0.237. The molecule has 3 rings (SSSR count). The lowest BCUT2D eigenvalue weighted by atomic mass is 10.2. The van der Waals surface area contributed by atoms with Crippen LogP contribution in [0.15, 0.2) is 42.5 Å². The van der Waals surface area contributed by atoms with E-state index in [9.17, 15) is 14.4 Å². The Morgan fingerprint density at radius 3 is 2.52 bits per heavy atom. The molecule has 0 radical (unpaired) electrons. The molecule has 27 heavy (non-hydrogen) atoms. The van der Waals surface area contributed by atoms with E-state index in [2.05, 4.69) is 5.32 Å². The van der Waals surface area contributed by atoms with Crippen molar-refractivity contribution >= 4 is 52.4 Å². The first-order valence-electron chi connectivity index (χ1n) is 8.26. The van der Waals surface area contributed by atoms with Crippen molar-refractivity contribution < 1.29 is 19.1 Å². The number of amides is 2. The van der Waals surface area contributed by atoms with Crippen molar-refractivity contribution in [2.45, 2.75) is 12.8 Å². The maximum absolute atomic E-state index is 12.0. The second kappa shape index (κ2) is 8.41. The summed E-state index contributed by atoms with van der Waals surface area (Å²) in [5.41, 5.74) is 1.42. The molecule has 8 heteroatoms. The molecule has 1 saturated heterocycles. The molecule has 0 atom stereocenters. The Balaban J connectivity index is 1.54. The van der Waals surface area contributed by atoms with Crippen molar-refractivity contribution in [1.29, 1.82) is 0 Å². The van der Waals surface area contributed by atoms with Gasteiger partial charge in [0.15, 0.2) is 6.61 Å². The second-order valence-electron chi connectivity index (χ2n) is 5.94. The van der Waals surface area contributed by atoms with Crippen LogP contribution in [0.1, 0.15) is 23.2 Å². The normalized spacial score (nSPS) is 13.6. The third kappa shape index (κ3) is 4.78. The summed E-state index contributed by atoms with van der Waals surface area (Å²) in [7, 11) is 0. The van der Waals surface area contributed by atoms with Gasteiger partial charge in [0.25, 0.3) is 5.91 Å². The number of hydrogen-bond acceptors (Lipinski definition) is 4. The Kier molecular flexibility index (Phi) is 5.98. The summed E-state index contributed by atoms with van der Waals surface area (Å²) >= 11 is 11.8. The summed E-state index contributed by atoms with van der Waals surface area (Å²) in [6, 6.07) is 11.3. The molecule has 2 aromatic rings. The van der Waals surface area contributed by atoms with E-state index in [0.717, 1.165) is 12.1 Å². The van der Waals surface area contributed by atoms with Crippen molar-refractivity contribution in [2.75, 3.05) is 23.4 Å². The molecule has 1 fully saturated rings. The van der Waals surface area contributed by atoms with Crippen LogP contribution in [0.3, 0.4) is 0 Å². The van der Waals surface area contributed by atoms with Crippen LogP contribution in [0.4, 0.5) is 11.4 Å². The second-order valence-corrected chi connectivity index (χ2v) is 6.79. The molecule has 1 aliphatic heterocycles. The Labute approximate surface area is 166 Å². The molecule has 140 valence electrons. The molecule has 1 aliphatic rings. The number of anilines is 2. The zero-order valence-electron chi connectivity index (χ0n) is 14.2. The summed E-state index contributed by atoms with van der Waals surface area (Å²) in [6.07, 6.45) is 1.40. The highest BCUT2D eigenvalue weighted by atomic mass is 35.5. The third-order valence-electron chi connectivity index (χ3n) is 4.02. The van der Waals surface area contributed by atoms with Crippen molar-refractivity contribution in [3.63, 3.8) is 0 Å². The molecular weight excluding hydrogens is 391 g/mol. The first-order chi connectivity index (χ1) is 12.9. The fraction of sp³-hybridized carbons (Fsp3) is 0.211. The van der Waals surface area contributed by atoms with Gasteiger partial charge in [-0.3, -0.25) is 9.59 Å². The monoisotopic (exact) mass is 406 g/mol.